The lowest BCUT2D eigenvalue weighted by Crippen LogP contribution is -2.22. The smallest absolute Gasteiger partial charge is 0.303 e. The van der Waals surface area contributed by atoms with Crippen molar-refractivity contribution in [3.63, 3.8) is 0 Å². The third-order valence-corrected chi connectivity index (χ3v) is 2.20. The molecule has 0 aliphatic heterocycles. The van der Waals surface area contributed by atoms with Gasteiger partial charge in [0, 0.05) is 32.3 Å². The van der Waals surface area contributed by atoms with Gasteiger partial charge in [-0.3, -0.25) is 4.79 Å². The summed E-state index contributed by atoms with van der Waals surface area (Å²) in [6, 6.07) is 1.70. The summed E-state index contributed by atoms with van der Waals surface area (Å²) in [4.78, 5) is 20.6. The highest BCUT2D eigenvalue weighted by molar-refractivity contribution is 5.66. The third kappa shape index (κ3) is 4.99. The molecule has 18 heavy (non-hydrogen) atoms. The number of carboxylic acids is 1. The Bertz CT molecular complexity index is 396. The number of aromatic nitrogens is 2. The number of anilines is 1. The van der Waals surface area contributed by atoms with E-state index in [0.717, 1.165) is 0 Å². The Morgan fingerprint density at radius 1 is 1.56 bits per heavy atom. The van der Waals surface area contributed by atoms with E-state index in [1.807, 2.05) is 25.8 Å². The van der Waals surface area contributed by atoms with Gasteiger partial charge in [-0.25, -0.2) is 4.98 Å². The molecule has 1 heterocycles. The Kier molecular flexibility index (Phi) is 5.35. The first-order chi connectivity index (χ1) is 8.49. The predicted molar refractivity (Wildman–Crippen MR) is 67.9 cm³/mol. The summed E-state index contributed by atoms with van der Waals surface area (Å²) < 4.78 is 5.48. The molecule has 0 aliphatic rings. The van der Waals surface area contributed by atoms with Gasteiger partial charge in [0.25, 0.3) is 0 Å². The summed E-state index contributed by atoms with van der Waals surface area (Å²) in [6.45, 7) is 4.45. The fraction of sp³-hybridized carbons (Fsp3) is 0.583. The van der Waals surface area contributed by atoms with Crippen molar-refractivity contribution >= 4 is 11.9 Å². The lowest BCUT2D eigenvalue weighted by Gasteiger charge is -2.17. The van der Waals surface area contributed by atoms with Crippen molar-refractivity contribution < 1.29 is 14.6 Å². The standard InChI is InChI=1S/C12H19N3O3/c1-9(2)18-10-6-7-13-12(14-10)15(3)8-4-5-11(16)17/h6-7,9H,4-5,8H2,1-3H3,(H,16,17). The summed E-state index contributed by atoms with van der Waals surface area (Å²) >= 11 is 0. The van der Waals surface area contributed by atoms with Gasteiger partial charge >= 0.3 is 5.97 Å². The highest BCUT2D eigenvalue weighted by Gasteiger charge is 2.07. The van der Waals surface area contributed by atoms with Crippen LogP contribution in [0, 0.1) is 0 Å². The monoisotopic (exact) mass is 253 g/mol. The van der Waals surface area contributed by atoms with Crippen molar-refractivity contribution in [1.82, 2.24) is 9.97 Å². The maximum Gasteiger partial charge on any atom is 0.303 e. The fourth-order valence-corrected chi connectivity index (χ4v) is 1.39. The lowest BCUT2D eigenvalue weighted by atomic mass is 10.3. The van der Waals surface area contributed by atoms with Crippen LogP contribution in [0.2, 0.25) is 0 Å². The molecule has 1 aromatic heterocycles. The average Bonchev–Trinajstić information content (AvgIpc) is 2.27. The molecule has 6 heteroatoms. The van der Waals surface area contributed by atoms with Crippen LogP contribution in [0.15, 0.2) is 12.3 Å². The van der Waals surface area contributed by atoms with Crippen molar-refractivity contribution in [2.45, 2.75) is 32.8 Å². The van der Waals surface area contributed by atoms with E-state index in [4.69, 9.17) is 9.84 Å². The summed E-state index contributed by atoms with van der Waals surface area (Å²) in [5.74, 6) is 0.278. The number of carboxylic acid groups (broad SMARTS) is 1. The summed E-state index contributed by atoms with van der Waals surface area (Å²) in [7, 11) is 1.83. The number of carbonyl (C=O) groups is 1. The average molecular weight is 253 g/mol. The van der Waals surface area contributed by atoms with E-state index in [1.54, 1.807) is 12.3 Å². The molecule has 100 valence electrons. The van der Waals surface area contributed by atoms with E-state index in [9.17, 15) is 4.79 Å². The first-order valence-corrected chi connectivity index (χ1v) is 5.91. The minimum Gasteiger partial charge on any atom is -0.481 e. The normalized spacial score (nSPS) is 10.4. The van der Waals surface area contributed by atoms with Crippen LogP contribution < -0.4 is 9.64 Å². The van der Waals surface area contributed by atoms with Gasteiger partial charge in [0.2, 0.25) is 11.8 Å². The largest absolute Gasteiger partial charge is 0.481 e. The topological polar surface area (TPSA) is 75.5 Å². The molecule has 1 N–H and O–H groups in total. The van der Waals surface area contributed by atoms with E-state index >= 15 is 0 Å². The molecule has 0 bridgehead atoms. The number of aliphatic carboxylic acids is 1. The molecule has 0 aromatic carbocycles. The molecule has 0 aliphatic carbocycles. The fourth-order valence-electron chi connectivity index (χ4n) is 1.39. The third-order valence-electron chi connectivity index (χ3n) is 2.20. The molecule has 0 saturated carbocycles. The van der Waals surface area contributed by atoms with E-state index < -0.39 is 5.97 Å². The number of ether oxygens (including phenoxy) is 1. The second-order valence-electron chi connectivity index (χ2n) is 4.28. The van der Waals surface area contributed by atoms with E-state index in [2.05, 4.69) is 9.97 Å². The molecule has 0 amide bonds. The number of rotatable bonds is 7. The van der Waals surface area contributed by atoms with Gasteiger partial charge in [-0.1, -0.05) is 0 Å². The highest BCUT2D eigenvalue weighted by Crippen LogP contribution is 2.13. The Balaban J connectivity index is 2.56. The van der Waals surface area contributed by atoms with Crippen molar-refractivity contribution in [2.24, 2.45) is 0 Å². The molecule has 1 rings (SSSR count). The molecular weight excluding hydrogens is 234 g/mol. The van der Waals surface area contributed by atoms with Gasteiger partial charge in [-0.15, -0.1) is 0 Å². The number of hydrogen-bond acceptors (Lipinski definition) is 5. The number of nitrogens with zero attached hydrogens (tertiary/aromatic N) is 3. The Morgan fingerprint density at radius 3 is 2.89 bits per heavy atom. The van der Waals surface area contributed by atoms with Gasteiger partial charge in [-0.05, 0) is 20.3 Å². The predicted octanol–water partition coefficient (Wildman–Crippen LogP) is 1.56. The summed E-state index contributed by atoms with van der Waals surface area (Å²) in [5, 5.41) is 8.57. The number of hydrogen-bond donors (Lipinski definition) is 1. The first kappa shape index (κ1) is 14.2. The van der Waals surface area contributed by atoms with Gasteiger partial charge in [-0.2, -0.15) is 4.98 Å². The summed E-state index contributed by atoms with van der Waals surface area (Å²) in [6.07, 6.45) is 2.40. The van der Waals surface area contributed by atoms with Crippen LogP contribution in [-0.2, 0) is 4.79 Å². The second-order valence-corrected chi connectivity index (χ2v) is 4.28. The molecule has 0 fully saturated rings. The SMILES string of the molecule is CC(C)Oc1ccnc(N(C)CCCC(=O)O)n1. The van der Waals surface area contributed by atoms with Gasteiger partial charge in [0.1, 0.15) is 0 Å². The van der Waals surface area contributed by atoms with Gasteiger partial charge < -0.3 is 14.7 Å². The van der Waals surface area contributed by atoms with Crippen LogP contribution >= 0.6 is 0 Å². The second kappa shape index (κ2) is 6.78. The molecule has 0 atom stereocenters. The summed E-state index contributed by atoms with van der Waals surface area (Å²) in [5.41, 5.74) is 0. The van der Waals surface area contributed by atoms with Gasteiger partial charge in [0.15, 0.2) is 0 Å². The van der Waals surface area contributed by atoms with Crippen molar-refractivity contribution in [2.75, 3.05) is 18.5 Å². The first-order valence-electron chi connectivity index (χ1n) is 5.91. The van der Waals surface area contributed by atoms with Crippen molar-refractivity contribution in [3.8, 4) is 5.88 Å². The van der Waals surface area contributed by atoms with Crippen molar-refractivity contribution in [1.29, 1.82) is 0 Å². The quantitative estimate of drug-likeness (QED) is 0.794. The molecule has 1 aromatic rings. The molecule has 0 unspecified atom stereocenters. The minimum absolute atomic E-state index is 0.0602. The van der Waals surface area contributed by atoms with Crippen LogP contribution in [0.4, 0.5) is 5.95 Å². The van der Waals surface area contributed by atoms with Crippen LogP contribution in [0.1, 0.15) is 26.7 Å². The Hall–Kier alpha value is -1.85. The van der Waals surface area contributed by atoms with E-state index in [0.29, 0.717) is 24.8 Å². The van der Waals surface area contributed by atoms with Crippen LogP contribution in [0.5, 0.6) is 5.88 Å². The zero-order chi connectivity index (χ0) is 13.5. The van der Waals surface area contributed by atoms with E-state index in [-0.39, 0.29) is 12.5 Å². The maximum atomic E-state index is 10.4. The van der Waals surface area contributed by atoms with Crippen LogP contribution in [0.25, 0.3) is 0 Å². The Morgan fingerprint density at radius 2 is 2.28 bits per heavy atom. The zero-order valence-corrected chi connectivity index (χ0v) is 11.0. The molecule has 6 nitrogen and oxygen atoms in total. The molecule has 0 radical (unpaired) electrons. The minimum atomic E-state index is -0.791. The van der Waals surface area contributed by atoms with E-state index in [1.165, 1.54) is 0 Å². The van der Waals surface area contributed by atoms with Crippen molar-refractivity contribution in [3.05, 3.63) is 12.3 Å². The molecule has 0 spiro atoms. The highest BCUT2D eigenvalue weighted by atomic mass is 16.5. The van der Waals surface area contributed by atoms with Crippen LogP contribution in [-0.4, -0.2) is 40.7 Å². The zero-order valence-electron chi connectivity index (χ0n) is 11.0. The van der Waals surface area contributed by atoms with Crippen LogP contribution in [0.3, 0.4) is 0 Å². The molecule has 0 saturated heterocycles. The lowest BCUT2D eigenvalue weighted by molar-refractivity contribution is -0.137. The molecular formula is C12H19N3O3. The Labute approximate surface area is 107 Å². The van der Waals surface area contributed by atoms with Gasteiger partial charge in [0.05, 0.1) is 6.10 Å². The maximum absolute atomic E-state index is 10.4.